The summed E-state index contributed by atoms with van der Waals surface area (Å²) in [5.41, 5.74) is 7.17. The monoisotopic (exact) mass is 281 g/mol. The summed E-state index contributed by atoms with van der Waals surface area (Å²) < 4.78 is 12.1. The van der Waals surface area contributed by atoms with Gasteiger partial charge in [0.1, 0.15) is 11.4 Å². The van der Waals surface area contributed by atoms with Crippen LogP contribution in [0.15, 0.2) is 18.2 Å². The topological polar surface area (TPSA) is 44.5 Å². The molecule has 0 aliphatic carbocycles. The van der Waals surface area contributed by atoms with E-state index in [1.165, 1.54) is 0 Å². The Balaban J connectivity index is 1.94. The van der Waals surface area contributed by atoms with Crippen molar-refractivity contribution in [3.8, 4) is 5.75 Å². The molecule has 2 unspecified atom stereocenters. The summed E-state index contributed by atoms with van der Waals surface area (Å²) in [5, 5.41) is 0.711. The fourth-order valence-electron chi connectivity index (χ4n) is 3.56. The van der Waals surface area contributed by atoms with Gasteiger partial charge in [0.15, 0.2) is 0 Å². The molecule has 1 aromatic carbocycles. The summed E-state index contributed by atoms with van der Waals surface area (Å²) in [7, 11) is 0. The van der Waals surface area contributed by atoms with Gasteiger partial charge in [0.2, 0.25) is 0 Å². The molecule has 0 radical (unpaired) electrons. The standard InChI is InChI=1S/C15H20ClNO2/c1-9-6-15(7-10(2)18-9)8-13(17)12-5-11(16)3-4-14(12)19-15/h3-5,9-10,13H,6-8,17H2,1-2H3/t9?,10?,13-,15?/m0/s1. The van der Waals surface area contributed by atoms with Crippen LogP contribution in [0.25, 0.3) is 0 Å². The number of benzene rings is 1. The zero-order valence-corrected chi connectivity index (χ0v) is 12.1. The third kappa shape index (κ3) is 2.47. The molecule has 2 N–H and O–H groups in total. The van der Waals surface area contributed by atoms with Gasteiger partial charge in [0.05, 0.1) is 12.2 Å². The molecule has 2 aliphatic heterocycles. The van der Waals surface area contributed by atoms with Gasteiger partial charge in [-0.25, -0.2) is 0 Å². The van der Waals surface area contributed by atoms with Crippen LogP contribution in [-0.2, 0) is 4.74 Å². The van der Waals surface area contributed by atoms with Crippen LogP contribution in [0, 0.1) is 0 Å². The maximum absolute atomic E-state index is 6.33. The molecule has 2 heterocycles. The predicted octanol–water partition coefficient (Wildman–Crippen LogP) is 3.45. The highest BCUT2D eigenvalue weighted by Gasteiger charge is 2.45. The fourth-order valence-corrected chi connectivity index (χ4v) is 3.74. The number of ether oxygens (including phenoxy) is 2. The average molecular weight is 282 g/mol. The quantitative estimate of drug-likeness (QED) is 0.792. The molecule has 1 aromatic rings. The minimum atomic E-state index is -0.183. The number of hydrogen-bond acceptors (Lipinski definition) is 3. The number of rotatable bonds is 0. The van der Waals surface area contributed by atoms with Gasteiger partial charge in [-0.05, 0) is 32.0 Å². The van der Waals surface area contributed by atoms with Crippen molar-refractivity contribution in [3.05, 3.63) is 28.8 Å². The zero-order valence-electron chi connectivity index (χ0n) is 11.4. The van der Waals surface area contributed by atoms with Crippen LogP contribution in [0.4, 0.5) is 0 Å². The molecular formula is C15H20ClNO2. The van der Waals surface area contributed by atoms with E-state index >= 15 is 0 Å². The lowest BCUT2D eigenvalue weighted by molar-refractivity contribution is -0.129. The maximum atomic E-state index is 6.33. The van der Waals surface area contributed by atoms with E-state index in [1.54, 1.807) is 0 Å². The van der Waals surface area contributed by atoms with Crippen molar-refractivity contribution in [2.24, 2.45) is 5.73 Å². The Kier molecular flexibility index (Phi) is 3.24. The molecule has 0 saturated carbocycles. The van der Waals surface area contributed by atoms with Crippen molar-refractivity contribution in [2.75, 3.05) is 0 Å². The second kappa shape index (κ2) is 4.65. The second-order valence-electron chi connectivity index (χ2n) is 5.94. The Hall–Kier alpha value is -0.770. The van der Waals surface area contributed by atoms with Gasteiger partial charge in [-0.15, -0.1) is 0 Å². The molecule has 19 heavy (non-hydrogen) atoms. The lowest BCUT2D eigenvalue weighted by Crippen LogP contribution is -2.51. The van der Waals surface area contributed by atoms with Gasteiger partial charge in [0.25, 0.3) is 0 Å². The second-order valence-corrected chi connectivity index (χ2v) is 6.38. The molecule has 0 aromatic heterocycles. The number of hydrogen-bond donors (Lipinski definition) is 1. The highest BCUT2D eigenvalue weighted by atomic mass is 35.5. The summed E-state index contributed by atoms with van der Waals surface area (Å²) in [6, 6.07) is 5.70. The fraction of sp³-hybridized carbons (Fsp3) is 0.600. The van der Waals surface area contributed by atoms with Crippen molar-refractivity contribution in [1.82, 2.24) is 0 Å². The maximum Gasteiger partial charge on any atom is 0.125 e. The third-order valence-electron chi connectivity index (χ3n) is 4.07. The van der Waals surface area contributed by atoms with Crippen LogP contribution in [0.5, 0.6) is 5.75 Å². The first-order valence-electron chi connectivity index (χ1n) is 6.87. The van der Waals surface area contributed by atoms with Crippen LogP contribution < -0.4 is 10.5 Å². The highest BCUT2D eigenvalue weighted by molar-refractivity contribution is 6.30. The number of nitrogens with two attached hydrogens (primary N) is 1. The highest BCUT2D eigenvalue weighted by Crippen LogP contribution is 2.45. The summed E-state index contributed by atoms with van der Waals surface area (Å²) >= 11 is 6.03. The van der Waals surface area contributed by atoms with Gasteiger partial charge in [-0.1, -0.05) is 11.6 Å². The van der Waals surface area contributed by atoms with Gasteiger partial charge in [0, 0.05) is 35.9 Å². The van der Waals surface area contributed by atoms with E-state index < -0.39 is 0 Å². The SMILES string of the molecule is CC1CC2(CC(C)O1)C[C@H](N)c1cc(Cl)ccc1O2. The Morgan fingerprint density at radius 3 is 2.58 bits per heavy atom. The molecule has 1 saturated heterocycles. The molecule has 104 valence electrons. The molecule has 3 rings (SSSR count). The van der Waals surface area contributed by atoms with E-state index in [2.05, 4.69) is 13.8 Å². The minimum Gasteiger partial charge on any atom is -0.487 e. The van der Waals surface area contributed by atoms with Crippen LogP contribution in [0.3, 0.4) is 0 Å². The first kappa shape index (κ1) is 13.2. The van der Waals surface area contributed by atoms with Crippen LogP contribution in [0.2, 0.25) is 5.02 Å². The van der Waals surface area contributed by atoms with Gasteiger partial charge in [-0.3, -0.25) is 0 Å². The van der Waals surface area contributed by atoms with E-state index in [-0.39, 0.29) is 23.9 Å². The van der Waals surface area contributed by atoms with E-state index in [0.717, 1.165) is 30.6 Å². The first-order valence-corrected chi connectivity index (χ1v) is 7.25. The summed E-state index contributed by atoms with van der Waals surface area (Å²) in [4.78, 5) is 0. The lowest BCUT2D eigenvalue weighted by Gasteiger charge is -2.47. The van der Waals surface area contributed by atoms with Crippen molar-refractivity contribution in [3.63, 3.8) is 0 Å². The molecule has 2 aliphatic rings. The minimum absolute atomic E-state index is 0.0139. The Bertz CT molecular complexity index is 481. The van der Waals surface area contributed by atoms with E-state index in [4.69, 9.17) is 26.8 Å². The number of halogens is 1. The lowest BCUT2D eigenvalue weighted by atomic mass is 9.79. The van der Waals surface area contributed by atoms with Crippen LogP contribution in [0.1, 0.15) is 44.7 Å². The Labute approximate surface area is 119 Å². The average Bonchev–Trinajstić information content (AvgIpc) is 2.28. The van der Waals surface area contributed by atoms with E-state index in [1.807, 2.05) is 18.2 Å². The number of fused-ring (bicyclic) bond motifs is 1. The largest absolute Gasteiger partial charge is 0.487 e. The Morgan fingerprint density at radius 1 is 1.21 bits per heavy atom. The van der Waals surface area contributed by atoms with Crippen molar-refractivity contribution < 1.29 is 9.47 Å². The summed E-state index contributed by atoms with van der Waals surface area (Å²) in [5.74, 6) is 0.879. The van der Waals surface area contributed by atoms with Crippen LogP contribution >= 0.6 is 11.6 Å². The van der Waals surface area contributed by atoms with Crippen molar-refractivity contribution in [2.45, 2.75) is 57.0 Å². The first-order chi connectivity index (χ1) is 8.97. The summed E-state index contributed by atoms with van der Waals surface area (Å²) in [6.45, 7) is 4.20. The third-order valence-corrected chi connectivity index (χ3v) is 4.31. The molecule has 1 fully saturated rings. The molecule has 4 heteroatoms. The van der Waals surface area contributed by atoms with E-state index in [0.29, 0.717) is 5.02 Å². The molecule has 0 bridgehead atoms. The van der Waals surface area contributed by atoms with Crippen LogP contribution in [-0.4, -0.2) is 17.8 Å². The molecule has 0 amide bonds. The molecular weight excluding hydrogens is 262 g/mol. The zero-order chi connectivity index (χ0) is 13.6. The normalized spacial score (nSPS) is 37.8. The molecule has 3 atom stereocenters. The summed E-state index contributed by atoms with van der Waals surface area (Å²) in [6.07, 6.45) is 3.05. The molecule has 1 spiro atoms. The van der Waals surface area contributed by atoms with Gasteiger partial charge < -0.3 is 15.2 Å². The van der Waals surface area contributed by atoms with E-state index in [9.17, 15) is 0 Å². The van der Waals surface area contributed by atoms with Crippen molar-refractivity contribution in [1.29, 1.82) is 0 Å². The van der Waals surface area contributed by atoms with Crippen molar-refractivity contribution >= 4 is 11.6 Å². The van der Waals surface area contributed by atoms with Gasteiger partial charge >= 0.3 is 0 Å². The van der Waals surface area contributed by atoms with Gasteiger partial charge in [-0.2, -0.15) is 0 Å². The molecule has 3 nitrogen and oxygen atoms in total. The Morgan fingerprint density at radius 2 is 1.89 bits per heavy atom. The predicted molar refractivity (Wildman–Crippen MR) is 75.6 cm³/mol. The smallest absolute Gasteiger partial charge is 0.125 e.